The Labute approximate surface area is 161 Å². The third-order valence-corrected chi connectivity index (χ3v) is 4.89. The first-order chi connectivity index (χ1) is 13.0. The summed E-state index contributed by atoms with van der Waals surface area (Å²) in [5, 5.41) is 2.99. The lowest BCUT2D eigenvalue weighted by atomic mass is 10.0. The van der Waals surface area contributed by atoms with Gasteiger partial charge in [0.25, 0.3) is 0 Å². The van der Waals surface area contributed by atoms with E-state index < -0.39 is 0 Å². The molecule has 0 aliphatic rings. The smallest absolute Gasteiger partial charge is 0.222 e. The number of aromatic nitrogens is 2. The van der Waals surface area contributed by atoms with Crippen molar-refractivity contribution in [3.63, 3.8) is 0 Å². The molecule has 4 nitrogen and oxygen atoms in total. The lowest BCUT2D eigenvalue weighted by molar-refractivity contribution is -0.123. The maximum Gasteiger partial charge on any atom is 0.222 e. The fraction of sp³-hybridized carbons (Fsp3) is 0.391. The molecule has 0 radical (unpaired) electrons. The predicted octanol–water partition coefficient (Wildman–Crippen LogP) is 4.52. The summed E-state index contributed by atoms with van der Waals surface area (Å²) in [6.07, 6.45) is 0.719. The van der Waals surface area contributed by atoms with Crippen LogP contribution in [0.15, 0.2) is 48.5 Å². The average Bonchev–Trinajstić information content (AvgIpc) is 2.99. The molecule has 0 bridgehead atoms. The van der Waals surface area contributed by atoms with Gasteiger partial charge in [-0.05, 0) is 29.2 Å². The molecular weight excluding hydrogens is 334 g/mol. The van der Waals surface area contributed by atoms with E-state index in [2.05, 4.69) is 54.1 Å². The Morgan fingerprint density at radius 1 is 1.04 bits per heavy atom. The fourth-order valence-electron chi connectivity index (χ4n) is 3.18. The summed E-state index contributed by atoms with van der Waals surface area (Å²) < 4.78 is 2.27. The Morgan fingerprint density at radius 2 is 1.74 bits per heavy atom. The van der Waals surface area contributed by atoms with Gasteiger partial charge in [-0.2, -0.15) is 0 Å². The quantitative estimate of drug-likeness (QED) is 0.671. The number of imidazole rings is 1. The van der Waals surface area contributed by atoms with Crippen molar-refractivity contribution >= 4 is 16.9 Å². The lowest BCUT2D eigenvalue weighted by Crippen LogP contribution is -2.30. The van der Waals surface area contributed by atoms with E-state index in [0.717, 1.165) is 29.8 Å². The highest BCUT2D eigenvalue weighted by atomic mass is 16.1. The lowest BCUT2D eigenvalue weighted by Gasteiger charge is -2.12. The standard InChI is InChI=1S/C23H29N3O/c1-16(2)19-11-9-18(10-12-19)15-26-21-8-6-5-7-20(21)25-22(26)13-14-24-23(27)17(3)4/h5-12,16-17H,13-15H2,1-4H3,(H,24,27). The number of para-hydroxylation sites is 2. The van der Waals surface area contributed by atoms with E-state index in [0.29, 0.717) is 12.5 Å². The zero-order valence-electron chi connectivity index (χ0n) is 16.7. The van der Waals surface area contributed by atoms with Gasteiger partial charge in [-0.15, -0.1) is 0 Å². The van der Waals surface area contributed by atoms with Crippen molar-refractivity contribution in [2.24, 2.45) is 5.92 Å². The van der Waals surface area contributed by atoms with Gasteiger partial charge in [0.2, 0.25) is 5.91 Å². The molecule has 1 amide bonds. The first-order valence-corrected chi connectivity index (χ1v) is 9.76. The van der Waals surface area contributed by atoms with E-state index in [4.69, 9.17) is 4.98 Å². The van der Waals surface area contributed by atoms with Gasteiger partial charge in [0, 0.05) is 25.4 Å². The Morgan fingerprint density at radius 3 is 2.41 bits per heavy atom. The minimum absolute atomic E-state index is 0.00305. The van der Waals surface area contributed by atoms with Crippen LogP contribution in [0.1, 0.15) is 50.6 Å². The van der Waals surface area contributed by atoms with Crippen LogP contribution >= 0.6 is 0 Å². The van der Waals surface area contributed by atoms with Crippen molar-refractivity contribution in [3.05, 3.63) is 65.5 Å². The highest BCUT2D eigenvalue weighted by molar-refractivity contribution is 5.78. The summed E-state index contributed by atoms with van der Waals surface area (Å²) in [4.78, 5) is 16.6. The van der Waals surface area contributed by atoms with Crippen LogP contribution in [0.4, 0.5) is 0 Å². The monoisotopic (exact) mass is 363 g/mol. The largest absolute Gasteiger partial charge is 0.355 e. The van der Waals surface area contributed by atoms with Crippen LogP contribution in [0.5, 0.6) is 0 Å². The summed E-state index contributed by atoms with van der Waals surface area (Å²) in [6.45, 7) is 9.62. The number of fused-ring (bicyclic) bond motifs is 1. The molecule has 0 aliphatic heterocycles. The highest BCUT2D eigenvalue weighted by Gasteiger charge is 2.12. The zero-order chi connectivity index (χ0) is 19.4. The predicted molar refractivity (Wildman–Crippen MR) is 111 cm³/mol. The van der Waals surface area contributed by atoms with Gasteiger partial charge in [0.15, 0.2) is 0 Å². The molecule has 4 heteroatoms. The van der Waals surface area contributed by atoms with Crippen molar-refractivity contribution in [1.82, 2.24) is 14.9 Å². The number of rotatable bonds is 7. The van der Waals surface area contributed by atoms with Crippen LogP contribution < -0.4 is 5.32 Å². The average molecular weight is 364 g/mol. The summed E-state index contributed by atoms with van der Waals surface area (Å²) in [5.74, 6) is 1.63. The normalized spacial score (nSPS) is 11.5. The van der Waals surface area contributed by atoms with Gasteiger partial charge in [-0.25, -0.2) is 4.98 Å². The van der Waals surface area contributed by atoms with Gasteiger partial charge < -0.3 is 9.88 Å². The van der Waals surface area contributed by atoms with Crippen LogP contribution in [0, 0.1) is 5.92 Å². The SMILES string of the molecule is CC(C)C(=O)NCCc1nc2ccccc2n1Cc1ccc(C(C)C)cc1. The van der Waals surface area contributed by atoms with Crippen molar-refractivity contribution in [1.29, 1.82) is 0 Å². The van der Waals surface area contributed by atoms with Crippen LogP contribution in [0.25, 0.3) is 11.0 Å². The van der Waals surface area contributed by atoms with Crippen molar-refractivity contribution in [2.45, 2.75) is 46.6 Å². The number of nitrogens with zero attached hydrogens (tertiary/aromatic N) is 2. The van der Waals surface area contributed by atoms with Crippen LogP contribution in [0.2, 0.25) is 0 Å². The Balaban J connectivity index is 1.83. The third kappa shape index (κ3) is 4.57. The molecule has 3 rings (SSSR count). The van der Waals surface area contributed by atoms with E-state index >= 15 is 0 Å². The number of amides is 1. The van der Waals surface area contributed by atoms with E-state index in [1.807, 2.05) is 32.0 Å². The second kappa shape index (κ2) is 8.38. The third-order valence-electron chi connectivity index (χ3n) is 4.89. The molecule has 2 aromatic carbocycles. The van der Waals surface area contributed by atoms with E-state index in [1.54, 1.807) is 0 Å². The van der Waals surface area contributed by atoms with E-state index in [-0.39, 0.29) is 11.8 Å². The molecule has 3 aromatic rings. The molecule has 1 heterocycles. The summed E-state index contributed by atoms with van der Waals surface area (Å²) in [6, 6.07) is 17.0. The molecule has 1 N–H and O–H groups in total. The summed E-state index contributed by atoms with van der Waals surface area (Å²) >= 11 is 0. The van der Waals surface area contributed by atoms with E-state index in [9.17, 15) is 4.79 Å². The van der Waals surface area contributed by atoms with Gasteiger partial charge in [0.1, 0.15) is 5.82 Å². The second-order valence-corrected chi connectivity index (χ2v) is 7.69. The summed E-state index contributed by atoms with van der Waals surface area (Å²) in [7, 11) is 0. The summed E-state index contributed by atoms with van der Waals surface area (Å²) in [5.41, 5.74) is 4.75. The Bertz CT molecular complexity index is 907. The Hall–Kier alpha value is -2.62. The van der Waals surface area contributed by atoms with Crippen LogP contribution in [-0.2, 0) is 17.8 Å². The van der Waals surface area contributed by atoms with Gasteiger partial charge in [-0.1, -0.05) is 64.1 Å². The minimum atomic E-state index is 0.00305. The number of nitrogens with one attached hydrogen (secondary N) is 1. The second-order valence-electron chi connectivity index (χ2n) is 7.69. The van der Waals surface area contributed by atoms with Crippen molar-refractivity contribution in [3.8, 4) is 0 Å². The number of benzene rings is 2. The maximum atomic E-state index is 11.8. The molecular formula is C23H29N3O. The molecule has 1 aromatic heterocycles. The van der Waals surface area contributed by atoms with Crippen molar-refractivity contribution in [2.75, 3.05) is 6.54 Å². The maximum absolute atomic E-state index is 11.8. The van der Waals surface area contributed by atoms with Gasteiger partial charge in [-0.3, -0.25) is 4.79 Å². The first-order valence-electron chi connectivity index (χ1n) is 9.76. The number of carbonyl (C=O) groups is 1. The van der Waals surface area contributed by atoms with Crippen LogP contribution in [-0.4, -0.2) is 22.0 Å². The molecule has 0 spiro atoms. The molecule has 0 aliphatic carbocycles. The van der Waals surface area contributed by atoms with Crippen LogP contribution in [0.3, 0.4) is 0 Å². The molecule has 142 valence electrons. The topological polar surface area (TPSA) is 46.9 Å². The number of hydrogen-bond donors (Lipinski definition) is 1. The molecule has 0 atom stereocenters. The van der Waals surface area contributed by atoms with Gasteiger partial charge in [0.05, 0.1) is 11.0 Å². The molecule has 0 fully saturated rings. The highest BCUT2D eigenvalue weighted by Crippen LogP contribution is 2.20. The number of hydrogen-bond acceptors (Lipinski definition) is 2. The molecule has 0 unspecified atom stereocenters. The van der Waals surface area contributed by atoms with E-state index in [1.165, 1.54) is 11.1 Å². The first kappa shape index (κ1) is 19.2. The number of carbonyl (C=O) groups excluding carboxylic acids is 1. The molecule has 27 heavy (non-hydrogen) atoms. The van der Waals surface area contributed by atoms with Crippen molar-refractivity contribution < 1.29 is 4.79 Å². The van der Waals surface area contributed by atoms with Gasteiger partial charge >= 0.3 is 0 Å². The zero-order valence-corrected chi connectivity index (χ0v) is 16.7. The molecule has 0 saturated carbocycles. The molecule has 0 saturated heterocycles. The Kier molecular flexibility index (Phi) is 5.94. The minimum Gasteiger partial charge on any atom is -0.355 e. The fourth-order valence-corrected chi connectivity index (χ4v) is 3.18.